The summed E-state index contributed by atoms with van der Waals surface area (Å²) in [6.45, 7) is 3.19. The van der Waals surface area contributed by atoms with Crippen molar-refractivity contribution in [3.63, 3.8) is 0 Å². The fraction of sp³-hybridized carbons (Fsp3) is 0.345. The summed E-state index contributed by atoms with van der Waals surface area (Å²) in [5, 5.41) is 15.8. The quantitative estimate of drug-likeness (QED) is 0.435. The Morgan fingerprint density at radius 2 is 1.74 bits per heavy atom. The Labute approximate surface area is 216 Å². The van der Waals surface area contributed by atoms with Crippen molar-refractivity contribution in [2.24, 2.45) is 5.92 Å². The smallest absolute Gasteiger partial charge is 0.228 e. The van der Waals surface area contributed by atoms with Crippen molar-refractivity contribution in [3.8, 4) is 11.1 Å². The summed E-state index contributed by atoms with van der Waals surface area (Å²) < 4.78 is 0. The molecule has 2 aliphatic rings. The van der Waals surface area contributed by atoms with Crippen LogP contribution in [0.3, 0.4) is 0 Å². The first-order valence-electron chi connectivity index (χ1n) is 12.2. The zero-order valence-electron chi connectivity index (χ0n) is 19.8. The fourth-order valence-electron chi connectivity index (χ4n) is 5.35. The van der Waals surface area contributed by atoms with Gasteiger partial charge in [0, 0.05) is 31.6 Å². The van der Waals surface area contributed by atoms with Gasteiger partial charge in [0.2, 0.25) is 5.91 Å². The van der Waals surface area contributed by atoms with Crippen molar-refractivity contribution in [2.45, 2.75) is 43.9 Å². The number of nitrogens with one attached hydrogen (secondary N) is 1. The molecule has 1 amide bonds. The van der Waals surface area contributed by atoms with Gasteiger partial charge in [0.25, 0.3) is 0 Å². The lowest BCUT2D eigenvalue weighted by molar-refractivity contribution is -0.142. The molecule has 1 saturated heterocycles. The van der Waals surface area contributed by atoms with Crippen LogP contribution in [0.1, 0.15) is 36.8 Å². The van der Waals surface area contributed by atoms with Crippen LogP contribution < -0.4 is 5.32 Å². The molecule has 5 rings (SSSR count). The van der Waals surface area contributed by atoms with E-state index in [0.29, 0.717) is 29.7 Å². The Hall–Kier alpha value is -2.37. The molecule has 0 unspecified atom stereocenters. The van der Waals surface area contributed by atoms with Crippen LogP contribution in [0.15, 0.2) is 72.8 Å². The first-order valence-corrected chi connectivity index (χ1v) is 12.9. The summed E-state index contributed by atoms with van der Waals surface area (Å²) in [6, 6.07) is 24.2. The number of piperidine rings is 1. The van der Waals surface area contributed by atoms with E-state index in [2.05, 4.69) is 29.6 Å². The third kappa shape index (κ3) is 5.12. The molecule has 6 heteroatoms. The summed E-state index contributed by atoms with van der Waals surface area (Å²) >= 11 is 12.7. The van der Waals surface area contributed by atoms with Crippen molar-refractivity contribution < 1.29 is 9.90 Å². The zero-order valence-corrected chi connectivity index (χ0v) is 21.3. The molecule has 0 aromatic heterocycles. The maximum atomic E-state index is 14.1. The molecule has 1 aliphatic carbocycles. The molecule has 0 spiro atoms. The summed E-state index contributed by atoms with van der Waals surface area (Å²) in [6.07, 6.45) is 1.96. The van der Waals surface area contributed by atoms with Gasteiger partial charge < -0.3 is 15.3 Å². The van der Waals surface area contributed by atoms with Crippen LogP contribution in [-0.4, -0.2) is 40.6 Å². The van der Waals surface area contributed by atoms with Gasteiger partial charge in [0.1, 0.15) is 0 Å². The second kappa shape index (κ2) is 9.94. The molecule has 3 aromatic carbocycles. The highest BCUT2D eigenvalue weighted by Gasteiger charge is 2.48. The molecule has 4 nitrogen and oxygen atoms in total. The molecule has 3 atom stereocenters. The molecule has 35 heavy (non-hydrogen) atoms. The largest absolute Gasteiger partial charge is 0.388 e. The monoisotopic (exact) mass is 508 g/mol. The van der Waals surface area contributed by atoms with E-state index >= 15 is 0 Å². The Morgan fingerprint density at radius 3 is 2.49 bits per heavy atom. The van der Waals surface area contributed by atoms with Gasteiger partial charge in [-0.1, -0.05) is 89.9 Å². The minimum absolute atomic E-state index is 0.0473. The fourth-order valence-corrected chi connectivity index (χ4v) is 5.73. The van der Waals surface area contributed by atoms with Gasteiger partial charge in [0.05, 0.1) is 21.6 Å². The van der Waals surface area contributed by atoms with E-state index < -0.39 is 11.5 Å². The highest BCUT2D eigenvalue weighted by atomic mass is 35.5. The molecule has 1 saturated carbocycles. The highest BCUT2D eigenvalue weighted by molar-refractivity contribution is 6.42. The predicted molar refractivity (Wildman–Crippen MR) is 142 cm³/mol. The Bertz CT molecular complexity index is 1210. The number of benzene rings is 3. The third-order valence-electron chi connectivity index (χ3n) is 7.23. The van der Waals surface area contributed by atoms with Crippen LogP contribution in [0.4, 0.5) is 0 Å². The van der Waals surface area contributed by atoms with Crippen molar-refractivity contribution in [1.29, 1.82) is 0 Å². The Morgan fingerprint density at radius 1 is 1.03 bits per heavy atom. The van der Waals surface area contributed by atoms with Crippen molar-refractivity contribution in [3.05, 3.63) is 94.0 Å². The molecule has 182 valence electrons. The molecule has 2 N–H and O–H groups in total. The van der Waals surface area contributed by atoms with Gasteiger partial charge in [-0.3, -0.25) is 4.79 Å². The minimum Gasteiger partial charge on any atom is -0.388 e. The van der Waals surface area contributed by atoms with E-state index in [-0.39, 0.29) is 17.9 Å². The van der Waals surface area contributed by atoms with Gasteiger partial charge in [-0.05, 0) is 48.1 Å². The van der Waals surface area contributed by atoms with E-state index in [0.717, 1.165) is 35.1 Å². The predicted octanol–water partition coefficient (Wildman–Crippen LogP) is 5.91. The molecule has 0 radical (unpaired) electrons. The number of carbonyl (C=O) groups excluding carboxylic acids is 1. The van der Waals surface area contributed by atoms with Crippen LogP contribution in [0.25, 0.3) is 11.1 Å². The maximum Gasteiger partial charge on any atom is 0.228 e. The summed E-state index contributed by atoms with van der Waals surface area (Å²) in [4.78, 5) is 16.0. The average Bonchev–Trinajstić information content (AvgIpc) is 3.70. The number of amides is 1. The van der Waals surface area contributed by atoms with Gasteiger partial charge >= 0.3 is 0 Å². The Kier molecular flexibility index (Phi) is 6.91. The van der Waals surface area contributed by atoms with E-state index in [4.69, 9.17) is 23.2 Å². The van der Waals surface area contributed by atoms with Gasteiger partial charge in [0.15, 0.2) is 0 Å². The lowest BCUT2D eigenvalue weighted by Crippen LogP contribution is -2.57. The first kappa shape index (κ1) is 24.3. The zero-order chi connectivity index (χ0) is 24.6. The van der Waals surface area contributed by atoms with Crippen LogP contribution in [-0.2, 0) is 11.3 Å². The molecule has 2 fully saturated rings. The first-order chi connectivity index (χ1) is 16.8. The number of halogens is 2. The number of rotatable bonds is 6. The normalized spacial score (nSPS) is 24.2. The van der Waals surface area contributed by atoms with Crippen LogP contribution >= 0.6 is 23.2 Å². The Balaban J connectivity index is 1.49. The lowest BCUT2D eigenvalue weighted by Gasteiger charge is -2.44. The summed E-state index contributed by atoms with van der Waals surface area (Å²) in [5.74, 6) is -0.689. The molecular weight excluding hydrogens is 479 g/mol. The lowest BCUT2D eigenvalue weighted by atomic mass is 9.71. The van der Waals surface area contributed by atoms with E-state index in [1.165, 1.54) is 0 Å². The molecule has 1 aliphatic heterocycles. The summed E-state index contributed by atoms with van der Waals surface area (Å²) in [5.41, 5.74) is 2.94. The van der Waals surface area contributed by atoms with Gasteiger partial charge in [-0.25, -0.2) is 0 Å². The van der Waals surface area contributed by atoms with Crippen LogP contribution in [0.2, 0.25) is 10.0 Å². The van der Waals surface area contributed by atoms with Gasteiger partial charge in [-0.2, -0.15) is 0 Å². The number of β-amino-alcohol motifs (C(OH)–C–C–N with tert-alkyl or cyclic N) is 1. The van der Waals surface area contributed by atoms with Crippen LogP contribution in [0, 0.1) is 5.92 Å². The van der Waals surface area contributed by atoms with E-state index in [1.807, 2.05) is 54.3 Å². The van der Waals surface area contributed by atoms with E-state index in [9.17, 15) is 9.90 Å². The highest BCUT2D eigenvalue weighted by Crippen LogP contribution is 2.42. The number of nitrogens with zero attached hydrogens (tertiary/aromatic N) is 1. The topological polar surface area (TPSA) is 52.6 Å². The standard InChI is InChI=1S/C29H30Cl2N2O2/c1-29(35)18-32-16-24(26(29)21-10-5-9-20(15-21)19-7-3-2-4-8-19)28(34)33(23-13-14-23)17-22-11-6-12-25(30)27(22)31/h2-12,15,23-24,26,32,35H,13-14,16-18H2,1H3/t24-,26+,29+/m0/s1. The SMILES string of the molecule is C[C@@]1(O)CNC[C@H](C(=O)N(Cc2cccc(Cl)c2Cl)C2CC2)[C@H]1c1cccc(-c2ccccc2)c1. The van der Waals surface area contributed by atoms with Gasteiger partial charge in [-0.15, -0.1) is 0 Å². The van der Waals surface area contributed by atoms with Crippen molar-refractivity contribution in [1.82, 2.24) is 10.2 Å². The number of hydrogen-bond donors (Lipinski definition) is 2. The third-order valence-corrected chi connectivity index (χ3v) is 8.09. The summed E-state index contributed by atoms with van der Waals surface area (Å²) in [7, 11) is 0. The molecular formula is C29H30Cl2N2O2. The number of carbonyl (C=O) groups is 1. The molecule has 3 aromatic rings. The molecule has 1 heterocycles. The van der Waals surface area contributed by atoms with Crippen molar-refractivity contribution >= 4 is 29.1 Å². The second-order valence-corrected chi connectivity index (χ2v) is 10.8. The second-order valence-electron chi connectivity index (χ2n) is 9.97. The average molecular weight is 509 g/mol. The minimum atomic E-state index is -1.07. The number of aliphatic hydroxyl groups is 1. The van der Waals surface area contributed by atoms with Crippen LogP contribution in [0.5, 0.6) is 0 Å². The molecule has 0 bridgehead atoms. The maximum absolute atomic E-state index is 14.1. The van der Waals surface area contributed by atoms with Crippen molar-refractivity contribution in [2.75, 3.05) is 13.1 Å². The van der Waals surface area contributed by atoms with E-state index in [1.54, 1.807) is 6.07 Å². The number of hydrogen-bond acceptors (Lipinski definition) is 3.